The number of nitrogens with zero attached hydrogens (tertiary/aromatic N) is 1. The molecule has 0 unspecified atom stereocenters. The quantitative estimate of drug-likeness (QED) is 0.517. The topological polar surface area (TPSA) is 80.4 Å². The van der Waals surface area contributed by atoms with Crippen LogP contribution in [0.25, 0.3) is 0 Å². The number of benzene rings is 2. The number of nitro benzene ring substituents is 1. The molecule has 0 saturated carbocycles. The maximum atomic E-state index is 11.1. The molecule has 0 aliphatic carbocycles. The van der Waals surface area contributed by atoms with Crippen molar-refractivity contribution in [1.82, 2.24) is 0 Å². The Labute approximate surface area is 119 Å². The van der Waals surface area contributed by atoms with Crippen molar-refractivity contribution in [3.8, 4) is 0 Å². The fourth-order valence-corrected chi connectivity index (χ4v) is 2.75. The van der Waals surface area contributed by atoms with E-state index >= 15 is 0 Å². The summed E-state index contributed by atoms with van der Waals surface area (Å²) in [6.45, 7) is 0. The summed E-state index contributed by atoms with van der Waals surface area (Å²) in [7, 11) is 0. The van der Waals surface area contributed by atoms with Crippen LogP contribution in [0.15, 0.2) is 53.4 Å². The van der Waals surface area contributed by atoms with E-state index in [2.05, 4.69) is 0 Å². The van der Waals surface area contributed by atoms with Crippen molar-refractivity contribution in [3.05, 3.63) is 69.8 Å². The number of hydrogen-bond acceptors (Lipinski definition) is 4. The summed E-state index contributed by atoms with van der Waals surface area (Å²) in [5.41, 5.74) is 0.390. The molecule has 6 heteroatoms. The fourth-order valence-electron chi connectivity index (χ4n) is 1.74. The van der Waals surface area contributed by atoms with Crippen LogP contribution in [0.2, 0.25) is 0 Å². The molecule has 0 atom stereocenters. The number of carbonyl (C=O) groups is 1. The van der Waals surface area contributed by atoms with Gasteiger partial charge in [0.25, 0.3) is 5.69 Å². The third-order valence-corrected chi connectivity index (χ3v) is 3.77. The summed E-state index contributed by atoms with van der Waals surface area (Å²) in [5, 5.41) is 20.1. The van der Waals surface area contributed by atoms with E-state index in [-0.39, 0.29) is 11.3 Å². The minimum absolute atomic E-state index is 0.284. The zero-order chi connectivity index (χ0) is 14.5. The van der Waals surface area contributed by atoms with E-state index in [9.17, 15) is 14.9 Å². The SMILES string of the molecule is O=C(O)c1cccc(SCc2ccccc2)c1[N+](=O)[O-]. The van der Waals surface area contributed by atoms with Gasteiger partial charge in [-0.2, -0.15) is 0 Å². The van der Waals surface area contributed by atoms with E-state index in [0.29, 0.717) is 10.6 Å². The Morgan fingerprint density at radius 2 is 1.85 bits per heavy atom. The first-order chi connectivity index (χ1) is 9.59. The molecule has 2 aromatic carbocycles. The van der Waals surface area contributed by atoms with Gasteiger partial charge >= 0.3 is 5.97 Å². The van der Waals surface area contributed by atoms with Crippen LogP contribution in [-0.4, -0.2) is 16.0 Å². The Kier molecular flexibility index (Phi) is 4.37. The highest BCUT2D eigenvalue weighted by molar-refractivity contribution is 7.98. The van der Waals surface area contributed by atoms with Crippen LogP contribution in [0.3, 0.4) is 0 Å². The first kappa shape index (κ1) is 14.1. The van der Waals surface area contributed by atoms with Crippen molar-refractivity contribution in [1.29, 1.82) is 0 Å². The van der Waals surface area contributed by atoms with Gasteiger partial charge in [0, 0.05) is 5.75 Å². The lowest BCUT2D eigenvalue weighted by molar-refractivity contribution is -0.388. The molecule has 0 radical (unpaired) electrons. The summed E-state index contributed by atoms with van der Waals surface area (Å²) in [6.07, 6.45) is 0. The van der Waals surface area contributed by atoms with Crippen molar-refractivity contribution in [2.24, 2.45) is 0 Å². The van der Waals surface area contributed by atoms with Gasteiger partial charge in [0.1, 0.15) is 5.56 Å². The Morgan fingerprint density at radius 1 is 1.15 bits per heavy atom. The van der Waals surface area contributed by atoms with E-state index in [4.69, 9.17) is 5.11 Å². The Bertz CT molecular complexity index is 643. The molecule has 0 aliphatic heterocycles. The number of hydrogen-bond donors (Lipinski definition) is 1. The van der Waals surface area contributed by atoms with Gasteiger partial charge in [0.05, 0.1) is 9.82 Å². The van der Waals surface area contributed by atoms with Crippen LogP contribution in [0.1, 0.15) is 15.9 Å². The third-order valence-electron chi connectivity index (χ3n) is 2.65. The lowest BCUT2D eigenvalue weighted by atomic mass is 10.2. The van der Waals surface area contributed by atoms with E-state index in [1.165, 1.54) is 23.9 Å². The normalized spacial score (nSPS) is 10.2. The summed E-state index contributed by atoms with van der Waals surface area (Å²) >= 11 is 1.26. The Hall–Kier alpha value is -2.34. The van der Waals surface area contributed by atoms with Gasteiger partial charge in [-0.15, -0.1) is 11.8 Å². The van der Waals surface area contributed by atoms with Gasteiger partial charge in [-0.3, -0.25) is 10.1 Å². The molecule has 0 fully saturated rings. The summed E-state index contributed by atoms with van der Waals surface area (Å²) in [4.78, 5) is 21.8. The zero-order valence-corrected chi connectivity index (χ0v) is 11.2. The molecule has 0 aromatic heterocycles. The van der Waals surface area contributed by atoms with E-state index in [0.717, 1.165) is 5.56 Å². The van der Waals surface area contributed by atoms with Gasteiger partial charge in [-0.05, 0) is 17.7 Å². The van der Waals surface area contributed by atoms with Crippen LogP contribution in [0, 0.1) is 10.1 Å². The van der Waals surface area contributed by atoms with E-state index in [1.807, 2.05) is 30.3 Å². The highest BCUT2D eigenvalue weighted by Gasteiger charge is 2.24. The average Bonchev–Trinajstić information content (AvgIpc) is 2.45. The van der Waals surface area contributed by atoms with Crippen LogP contribution in [0.4, 0.5) is 5.69 Å². The summed E-state index contributed by atoms with van der Waals surface area (Å²) in [6, 6.07) is 13.8. The van der Waals surface area contributed by atoms with Gasteiger partial charge < -0.3 is 5.11 Å². The molecule has 0 heterocycles. The summed E-state index contributed by atoms with van der Waals surface area (Å²) in [5.74, 6) is -0.746. The van der Waals surface area contributed by atoms with Gasteiger partial charge in [0.2, 0.25) is 0 Å². The van der Waals surface area contributed by atoms with Gasteiger partial charge in [-0.1, -0.05) is 36.4 Å². The van der Waals surface area contributed by atoms with Gasteiger partial charge in [0.15, 0.2) is 0 Å². The molecule has 0 aliphatic rings. The van der Waals surface area contributed by atoms with Crippen LogP contribution >= 0.6 is 11.8 Å². The first-order valence-corrected chi connectivity index (χ1v) is 6.75. The highest BCUT2D eigenvalue weighted by atomic mass is 32.2. The van der Waals surface area contributed by atoms with Gasteiger partial charge in [-0.25, -0.2) is 4.79 Å². The Balaban J connectivity index is 2.30. The van der Waals surface area contributed by atoms with Crippen molar-refractivity contribution >= 4 is 23.4 Å². The highest BCUT2D eigenvalue weighted by Crippen LogP contribution is 2.34. The fraction of sp³-hybridized carbons (Fsp3) is 0.0714. The number of aromatic carboxylic acids is 1. The molecule has 2 rings (SSSR count). The van der Waals surface area contributed by atoms with Crippen LogP contribution in [-0.2, 0) is 5.75 Å². The van der Waals surface area contributed by atoms with Crippen molar-refractivity contribution < 1.29 is 14.8 Å². The van der Waals surface area contributed by atoms with Crippen molar-refractivity contribution in [2.75, 3.05) is 0 Å². The minimum atomic E-state index is -1.29. The smallest absolute Gasteiger partial charge is 0.342 e. The number of rotatable bonds is 5. The molecule has 0 bridgehead atoms. The standard InChI is InChI=1S/C14H11NO4S/c16-14(17)11-7-4-8-12(13(11)15(18)19)20-9-10-5-2-1-3-6-10/h1-8H,9H2,(H,16,17). The number of carboxylic acid groups (broad SMARTS) is 1. The lowest BCUT2D eigenvalue weighted by Gasteiger charge is -2.05. The second-order valence-corrected chi connectivity index (χ2v) is 5.01. The third kappa shape index (κ3) is 3.16. The molecular weight excluding hydrogens is 278 g/mol. The molecule has 20 heavy (non-hydrogen) atoms. The largest absolute Gasteiger partial charge is 0.477 e. The summed E-state index contributed by atoms with van der Waals surface area (Å²) < 4.78 is 0. The molecule has 2 aromatic rings. The lowest BCUT2D eigenvalue weighted by Crippen LogP contribution is -2.03. The predicted molar refractivity (Wildman–Crippen MR) is 76.1 cm³/mol. The number of para-hydroxylation sites is 1. The van der Waals surface area contributed by atoms with E-state index < -0.39 is 10.9 Å². The maximum absolute atomic E-state index is 11.1. The monoisotopic (exact) mass is 289 g/mol. The maximum Gasteiger partial charge on any atom is 0.342 e. The average molecular weight is 289 g/mol. The number of thioether (sulfide) groups is 1. The van der Waals surface area contributed by atoms with Crippen molar-refractivity contribution in [3.63, 3.8) is 0 Å². The van der Waals surface area contributed by atoms with E-state index in [1.54, 1.807) is 6.07 Å². The first-order valence-electron chi connectivity index (χ1n) is 5.77. The number of carboxylic acids is 1. The molecule has 1 N–H and O–H groups in total. The van der Waals surface area contributed by atoms with Crippen LogP contribution < -0.4 is 0 Å². The molecule has 0 spiro atoms. The second-order valence-electron chi connectivity index (χ2n) is 3.99. The predicted octanol–water partition coefficient (Wildman–Crippen LogP) is 3.59. The molecule has 102 valence electrons. The minimum Gasteiger partial charge on any atom is -0.477 e. The molecule has 0 amide bonds. The zero-order valence-electron chi connectivity index (χ0n) is 10.4. The molecule has 0 saturated heterocycles. The number of nitro groups is 1. The molecular formula is C14H11NO4S. The van der Waals surface area contributed by atoms with Crippen molar-refractivity contribution in [2.45, 2.75) is 10.6 Å². The molecule has 5 nitrogen and oxygen atoms in total. The Morgan fingerprint density at radius 3 is 2.45 bits per heavy atom. The van der Waals surface area contributed by atoms with Crippen LogP contribution in [0.5, 0.6) is 0 Å². The second kappa shape index (κ2) is 6.21.